The van der Waals surface area contributed by atoms with Gasteiger partial charge in [0.1, 0.15) is 6.04 Å². The summed E-state index contributed by atoms with van der Waals surface area (Å²) in [6.07, 6.45) is 6.00. The van der Waals surface area contributed by atoms with Crippen LogP contribution in [0.15, 0.2) is 4.99 Å². The van der Waals surface area contributed by atoms with Gasteiger partial charge in [0.2, 0.25) is 5.91 Å². The molecule has 3 nitrogen and oxygen atoms in total. The molecule has 1 amide bonds. The van der Waals surface area contributed by atoms with Crippen molar-refractivity contribution in [3.8, 4) is 0 Å². The summed E-state index contributed by atoms with van der Waals surface area (Å²) in [7, 11) is 1.66. The molecule has 0 saturated heterocycles. The highest BCUT2D eigenvalue weighted by atomic mass is 16.2. The van der Waals surface area contributed by atoms with E-state index in [4.69, 9.17) is 0 Å². The number of hydrogen-bond donors (Lipinski definition) is 1. The van der Waals surface area contributed by atoms with Crippen LogP contribution in [-0.4, -0.2) is 25.2 Å². The normalized spacial score (nSPS) is 13.4. The summed E-state index contributed by atoms with van der Waals surface area (Å²) in [6.45, 7) is 6.37. The van der Waals surface area contributed by atoms with E-state index in [1.54, 1.807) is 7.05 Å². The van der Waals surface area contributed by atoms with Crippen molar-refractivity contribution in [1.82, 2.24) is 5.32 Å². The van der Waals surface area contributed by atoms with Gasteiger partial charge in [0, 0.05) is 7.05 Å². The van der Waals surface area contributed by atoms with Gasteiger partial charge < -0.3 is 5.32 Å². The highest BCUT2D eigenvalue weighted by Crippen LogP contribution is 2.08. The average Bonchev–Trinajstić information content (AvgIpc) is 2.21. The van der Waals surface area contributed by atoms with E-state index < -0.39 is 0 Å². The van der Waals surface area contributed by atoms with Crippen LogP contribution in [0.5, 0.6) is 0 Å². The Morgan fingerprint density at radius 2 is 2.13 bits per heavy atom. The maximum Gasteiger partial charge on any atom is 0.244 e. The summed E-state index contributed by atoms with van der Waals surface area (Å²) in [5, 5.41) is 2.66. The zero-order valence-corrected chi connectivity index (χ0v) is 10.4. The largest absolute Gasteiger partial charge is 0.357 e. The van der Waals surface area contributed by atoms with Crippen LogP contribution >= 0.6 is 0 Å². The third-order valence-electron chi connectivity index (χ3n) is 2.22. The second-order valence-electron chi connectivity index (χ2n) is 4.23. The van der Waals surface area contributed by atoms with E-state index in [1.807, 2.05) is 6.21 Å². The smallest absolute Gasteiger partial charge is 0.244 e. The molecular weight excluding hydrogens is 188 g/mol. The Hall–Kier alpha value is -0.860. The Labute approximate surface area is 93.4 Å². The number of hydrogen-bond acceptors (Lipinski definition) is 2. The van der Waals surface area contributed by atoms with Gasteiger partial charge in [0.25, 0.3) is 0 Å². The van der Waals surface area contributed by atoms with Crippen LogP contribution in [-0.2, 0) is 4.79 Å². The Balaban J connectivity index is 4.11. The third-order valence-corrected chi connectivity index (χ3v) is 2.22. The second kappa shape index (κ2) is 8.45. The van der Waals surface area contributed by atoms with Crippen molar-refractivity contribution in [2.24, 2.45) is 10.9 Å². The molecule has 0 heterocycles. The molecule has 0 aliphatic heterocycles. The van der Waals surface area contributed by atoms with E-state index in [0.717, 1.165) is 19.3 Å². The number of rotatable bonds is 7. The minimum absolute atomic E-state index is 0.0245. The molecule has 0 saturated carbocycles. The maximum atomic E-state index is 11.5. The van der Waals surface area contributed by atoms with Crippen molar-refractivity contribution in [2.45, 2.75) is 52.5 Å². The summed E-state index contributed by atoms with van der Waals surface area (Å²) in [5.41, 5.74) is 0. The Kier molecular flexibility index (Phi) is 7.96. The van der Waals surface area contributed by atoms with Gasteiger partial charge in [0.05, 0.1) is 0 Å². The van der Waals surface area contributed by atoms with Crippen LogP contribution in [0.2, 0.25) is 0 Å². The van der Waals surface area contributed by atoms with Gasteiger partial charge in [-0.25, -0.2) is 0 Å². The molecule has 0 spiro atoms. The number of nitrogens with one attached hydrogen (secondary N) is 1. The molecule has 0 rings (SSSR count). The lowest BCUT2D eigenvalue weighted by Crippen LogP contribution is -2.31. The van der Waals surface area contributed by atoms with Gasteiger partial charge in [-0.3, -0.25) is 9.79 Å². The zero-order chi connectivity index (χ0) is 11.7. The molecule has 3 heteroatoms. The van der Waals surface area contributed by atoms with E-state index >= 15 is 0 Å². The highest BCUT2D eigenvalue weighted by Gasteiger charge is 2.16. The van der Waals surface area contributed by atoms with Gasteiger partial charge in [0.15, 0.2) is 0 Å². The van der Waals surface area contributed by atoms with E-state index in [0.29, 0.717) is 5.92 Å². The van der Waals surface area contributed by atoms with Crippen molar-refractivity contribution in [3.63, 3.8) is 0 Å². The Morgan fingerprint density at radius 3 is 2.60 bits per heavy atom. The first-order chi connectivity index (χ1) is 7.11. The molecule has 0 aliphatic carbocycles. The number of nitrogens with zero attached hydrogens (tertiary/aromatic N) is 1. The van der Waals surface area contributed by atoms with Gasteiger partial charge >= 0.3 is 0 Å². The lowest BCUT2D eigenvalue weighted by molar-refractivity contribution is -0.122. The van der Waals surface area contributed by atoms with Gasteiger partial charge in [-0.05, 0) is 31.4 Å². The molecular formula is C12H24N2O. The first-order valence-electron chi connectivity index (χ1n) is 5.85. The predicted octanol–water partition coefficient (Wildman–Crippen LogP) is 2.41. The topological polar surface area (TPSA) is 41.5 Å². The number of likely N-dealkylation sites (N-methyl/N-ethyl adjacent to an activating group) is 1. The molecule has 0 aromatic heterocycles. The van der Waals surface area contributed by atoms with Crippen LogP contribution in [0.25, 0.3) is 0 Å². The summed E-state index contributed by atoms with van der Waals surface area (Å²) < 4.78 is 0. The van der Waals surface area contributed by atoms with Crippen LogP contribution < -0.4 is 5.32 Å². The van der Waals surface area contributed by atoms with E-state index in [2.05, 4.69) is 31.1 Å². The van der Waals surface area contributed by atoms with Crippen molar-refractivity contribution in [1.29, 1.82) is 0 Å². The molecule has 0 aliphatic rings. The number of unbranched alkanes of at least 4 members (excludes halogenated alkanes) is 2. The standard InChI is InChI=1S/C12H24N2O/c1-5-6-7-8-14-11(9-10(2)3)12(15)13-4/h8,10-11H,5-7,9H2,1-4H3,(H,13,15)/b14-8+/t11-/m0/s1. The molecule has 1 N–H and O–H groups in total. The number of aliphatic imine (C=N–C) groups is 1. The first-order valence-corrected chi connectivity index (χ1v) is 5.85. The summed E-state index contributed by atoms with van der Waals surface area (Å²) in [4.78, 5) is 15.8. The molecule has 0 unspecified atom stereocenters. The zero-order valence-electron chi connectivity index (χ0n) is 10.4. The Bertz CT molecular complexity index is 200. The van der Waals surface area contributed by atoms with Crippen LogP contribution in [0.4, 0.5) is 0 Å². The SMILES string of the molecule is CCCC/C=N/[C@@H](CC(C)C)C(=O)NC. The lowest BCUT2D eigenvalue weighted by Gasteiger charge is -2.12. The fourth-order valence-corrected chi connectivity index (χ4v) is 1.35. The third kappa shape index (κ3) is 7.11. The van der Waals surface area contributed by atoms with E-state index in [-0.39, 0.29) is 11.9 Å². The van der Waals surface area contributed by atoms with Crippen LogP contribution in [0.3, 0.4) is 0 Å². The summed E-state index contributed by atoms with van der Waals surface area (Å²) >= 11 is 0. The lowest BCUT2D eigenvalue weighted by atomic mass is 10.0. The van der Waals surface area contributed by atoms with Crippen molar-refractivity contribution in [3.05, 3.63) is 0 Å². The highest BCUT2D eigenvalue weighted by molar-refractivity contribution is 5.83. The molecule has 0 bridgehead atoms. The second-order valence-corrected chi connectivity index (χ2v) is 4.23. The van der Waals surface area contributed by atoms with E-state index in [9.17, 15) is 4.79 Å². The molecule has 0 aromatic rings. The van der Waals surface area contributed by atoms with Crippen molar-refractivity contribution < 1.29 is 4.79 Å². The van der Waals surface area contributed by atoms with Gasteiger partial charge in [-0.15, -0.1) is 0 Å². The van der Waals surface area contributed by atoms with Gasteiger partial charge in [-0.1, -0.05) is 27.2 Å². The maximum absolute atomic E-state index is 11.5. The van der Waals surface area contributed by atoms with E-state index in [1.165, 1.54) is 6.42 Å². The average molecular weight is 212 g/mol. The van der Waals surface area contributed by atoms with Crippen molar-refractivity contribution >= 4 is 12.1 Å². The molecule has 0 radical (unpaired) electrons. The molecule has 1 atom stereocenters. The fourth-order valence-electron chi connectivity index (χ4n) is 1.35. The number of carbonyl (C=O) groups excluding carboxylic acids is 1. The predicted molar refractivity (Wildman–Crippen MR) is 65.3 cm³/mol. The minimum atomic E-state index is -0.202. The van der Waals surface area contributed by atoms with Gasteiger partial charge in [-0.2, -0.15) is 0 Å². The summed E-state index contributed by atoms with van der Waals surface area (Å²) in [6, 6.07) is -0.202. The molecule has 15 heavy (non-hydrogen) atoms. The van der Waals surface area contributed by atoms with Crippen molar-refractivity contribution in [2.75, 3.05) is 7.05 Å². The molecule has 88 valence electrons. The fraction of sp³-hybridized carbons (Fsp3) is 0.833. The molecule has 0 fully saturated rings. The Morgan fingerprint density at radius 1 is 1.47 bits per heavy atom. The molecule has 0 aromatic carbocycles. The number of amides is 1. The van der Waals surface area contributed by atoms with Crippen LogP contribution in [0.1, 0.15) is 46.5 Å². The minimum Gasteiger partial charge on any atom is -0.357 e. The van der Waals surface area contributed by atoms with Crippen LogP contribution in [0, 0.1) is 5.92 Å². The summed E-state index contributed by atoms with van der Waals surface area (Å²) in [5.74, 6) is 0.520. The quantitative estimate of drug-likeness (QED) is 0.511. The first kappa shape index (κ1) is 14.1. The number of carbonyl (C=O) groups is 1. The monoisotopic (exact) mass is 212 g/mol.